The monoisotopic (exact) mass is 254 g/mol. The molecule has 0 spiro atoms. The minimum absolute atomic E-state index is 0.0464. The minimum Gasteiger partial charge on any atom is -0.496 e. The van der Waals surface area contributed by atoms with Gasteiger partial charge >= 0.3 is 0 Å². The maximum atomic E-state index is 12.4. The summed E-state index contributed by atoms with van der Waals surface area (Å²) in [6.07, 6.45) is 0. The SMILES string of the molecule is COc1ccc(C(=O)c2ccccc2)cc1C(C)C. The summed E-state index contributed by atoms with van der Waals surface area (Å²) >= 11 is 0. The van der Waals surface area contributed by atoms with Crippen molar-refractivity contribution in [1.29, 1.82) is 0 Å². The second kappa shape index (κ2) is 5.70. The standard InChI is InChI=1S/C17H18O2/c1-12(2)15-11-14(9-10-16(15)19-3)17(18)13-7-5-4-6-8-13/h4-12H,1-3H3. The molecule has 0 saturated carbocycles. The zero-order chi connectivity index (χ0) is 13.8. The van der Waals surface area contributed by atoms with Gasteiger partial charge < -0.3 is 4.74 Å². The molecule has 0 aliphatic carbocycles. The smallest absolute Gasteiger partial charge is 0.193 e. The molecule has 0 amide bonds. The number of benzene rings is 2. The second-order valence-corrected chi connectivity index (χ2v) is 4.81. The van der Waals surface area contributed by atoms with Gasteiger partial charge in [-0.25, -0.2) is 0 Å². The van der Waals surface area contributed by atoms with E-state index in [1.807, 2.05) is 48.5 Å². The molecule has 0 radical (unpaired) electrons. The quantitative estimate of drug-likeness (QED) is 0.769. The molecule has 2 nitrogen and oxygen atoms in total. The van der Waals surface area contributed by atoms with Crippen LogP contribution in [0.15, 0.2) is 48.5 Å². The summed E-state index contributed by atoms with van der Waals surface area (Å²) in [6.45, 7) is 4.18. The van der Waals surface area contributed by atoms with E-state index in [2.05, 4.69) is 13.8 Å². The summed E-state index contributed by atoms with van der Waals surface area (Å²) in [5, 5.41) is 0. The lowest BCUT2D eigenvalue weighted by atomic mass is 9.96. The Bertz CT molecular complexity index is 571. The van der Waals surface area contributed by atoms with E-state index in [1.165, 1.54) is 0 Å². The van der Waals surface area contributed by atoms with Crippen molar-refractivity contribution < 1.29 is 9.53 Å². The van der Waals surface area contributed by atoms with E-state index in [-0.39, 0.29) is 5.78 Å². The Morgan fingerprint density at radius 1 is 1.00 bits per heavy atom. The summed E-state index contributed by atoms with van der Waals surface area (Å²) in [6, 6.07) is 14.9. The number of ether oxygens (including phenoxy) is 1. The highest BCUT2D eigenvalue weighted by Gasteiger charge is 2.13. The Kier molecular flexibility index (Phi) is 4.00. The third-order valence-electron chi connectivity index (χ3n) is 3.15. The highest BCUT2D eigenvalue weighted by molar-refractivity contribution is 6.09. The van der Waals surface area contributed by atoms with Gasteiger partial charge in [-0.2, -0.15) is 0 Å². The summed E-state index contributed by atoms with van der Waals surface area (Å²) in [5.74, 6) is 1.20. The fourth-order valence-corrected chi connectivity index (χ4v) is 2.08. The van der Waals surface area contributed by atoms with Crippen molar-refractivity contribution in [3.8, 4) is 5.75 Å². The van der Waals surface area contributed by atoms with Gasteiger partial charge in [-0.3, -0.25) is 4.79 Å². The van der Waals surface area contributed by atoms with Gasteiger partial charge in [0.2, 0.25) is 0 Å². The minimum atomic E-state index is 0.0464. The fourth-order valence-electron chi connectivity index (χ4n) is 2.08. The van der Waals surface area contributed by atoms with Gasteiger partial charge in [0.25, 0.3) is 0 Å². The number of ketones is 1. The maximum Gasteiger partial charge on any atom is 0.193 e. The number of rotatable bonds is 4. The molecule has 0 unspecified atom stereocenters. The van der Waals surface area contributed by atoms with Crippen LogP contribution >= 0.6 is 0 Å². The lowest BCUT2D eigenvalue weighted by Crippen LogP contribution is -2.03. The van der Waals surface area contributed by atoms with E-state index >= 15 is 0 Å². The average Bonchev–Trinajstić information content (AvgIpc) is 2.46. The predicted octanol–water partition coefficient (Wildman–Crippen LogP) is 4.05. The molecule has 0 atom stereocenters. The van der Waals surface area contributed by atoms with Crippen LogP contribution in [-0.4, -0.2) is 12.9 Å². The van der Waals surface area contributed by atoms with Crippen LogP contribution in [-0.2, 0) is 0 Å². The molecule has 0 heterocycles. The third kappa shape index (κ3) is 2.84. The zero-order valence-electron chi connectivity index (χ0n) is 11.5. The molecule has 98 valence electrons. The second-order valence-electron chi connectivity index (χ2n) is 4.81. The molecule has 0 saturated heterocycles. The van der Waals surface area contributed by atoms with Crippen molar-refractivity contribution in [2.45, 2.75) is 19.8 Å². The highest BCUT2D eigenvalue weighted by atomic mass is 16.5. The van der Waals surface area contributed by atoms with Crippen LogP contribution in [0.4, 0.5) is 0 Å². The van der Waals surface area contributed by atoms with Crippen molar-refractivity contribution in [1.82, 2.24) is 0 Å². The Morgan fingerprint density at radius 3 is 2.26 bits per heavy atom. The molecule has 0 fully saturated rings. The number of carbonyl (C=O) groups excluding carboxylic acids is 1. The molecular weight excluding hydrogens is 236 g/mol. The van der Waals surface area contributed by atoms with Gasteiger partial charge in [0.05, 0.1) is 7.11 Å². The summed E-state index contributed by atoms with van der Waals surface area (Å²) in [4.78, 5) is 12.4. The molecule has 0 aliphatic rings. The Balaban J connectivity index is 2.41. The van der Waals surface area contributed by atoms with Crippen LogP contribution < -0.4 is 4.74 Å². The van der Waals surface area contributed by atoms with Gasteiger partial charge in [-0.15, -0.1) is 0 Å². The van der Waals surface area contributed by atoms with E-state index in [0.29, 0.717) is 17.0 Å². The van der Waals surface area contributed by atoms with Crippen molar-refractivity contribution in [3.05, 3.63) is 65.2 Å². The summed E-state index contributed by atoms with van der Waals surface area (Å²) in [5.41, 5.74) is 2.47. The summed E-state index contributed by atoms with van der Waals surface area (Å²) < 4.78 is 5.34. The summed E-state index contributed by atoms with van der Waals surface area (Å²) in [7, 11) is 1.65. The van der Waals surface area contributed by atoms with E-state index in [1.54, 1.807) is 7.11 Å². The zero-order valence-corrected chi connectivity index (χ0v) is 11.5. The molecule has 0 aromatic heterocycles. The van der Waals surface area contributed by atoms with Crippen LogP contribution in [0.2, 0.25) is 0 Å². The first-order valence-corrected chi connectivity index (χ1v) is 6.41. The molecule has 2 heteroatoms. The van der Waals surface area contributed by atoms with E-state index < -0.39 is 0 Å². The molecule has 2 aromatic rings. The molecule has 0 N–H and O–H groups in total. The van der Waals surface area contributed by atoms with Crippen molar-refractivity contribution in [2.75, 3.05) is 7.11 Å². The molecule has 2 aromatic carbocycles. The molecule has 19 heavy (non-hydrogen) atoms. The van der Waals surface area contributed by atoms with Crippen molar-refractivity contribution >= 4 is 5.78 Å². The lowest BCUT2D eigenvalue weighted by Gasteiger charge is -2.13. The topological polar surface area (TPSA) is 26.3 Å². The fraction of sp³-hybridized carbons (Fsp3) is 0.235. The Labute approximate surface area is 114 Å². The van der Waals surface area contributed by atoms with Gasteiger partial charge in [0, 0.05) is 11.1 Å². The van der Waals surface area contributed by atoms with Gasteiger partial charge in [0.1, 0.15) is 5.75 Å². The molecule has 0 bridgehead atoms. The van der Waals surface area contributed by atoms with Crippen LogP contribution in [0.1, 0.15) is 41.3 Å². The third-order valence-corrected chi connectivity index (χ3v) is 3.15. The number of carbonyl (C=O) groups is 1. The largest absolute Gasteiger partial charge is 0.496 e. The lowest BCUT2D eigenvalue weighted by molar-refractivity contribution is 0.103. The van der Waals surface area contributed by atoms with E-state index in [4.69, 9.17) is 4.74 Å². The molecular formula is C17H18O2. The average molecular weight is 254 g/mol. The first kappa shape index (κ1) is 13.3. The Hall–Kier alpha value is -2.09. The van der Waals surface area contributed by atoms with Crippen LogP contribution in [0.5, 0.6) is 5.75 Å². The van der Waals surface area contributed by atoms with Crippen LogP contribution in [0.3, 0.4) is 0 Å². The normalized spacial score (nSPS) is 10.5. The number of hydrogen-bond donors (Lipinski definition) is 0. The maximum absolute atomic E-state index is 12.4. The van der Waals surface area contributed by atoms with Gasteiger partial charge in [-0.1, -0.05) is 44.2 Å². The van der Waals surface area contributed by atoms with E-state index in [0.717, 1.165) is 11.3 Å². The first-order chi connectivity index (χ1) is 9.13. The number of hydrogen-bond acceptors (Lipinski definition) is 2. The first-order valence-electron chi connectivity index (χ1n) is 6.41. The van der Waals surface area contributed by atoms with Crippen LogP contribution in [0, 0.1) is 0 Å². The van der Waals surface area contributed by atoms with Gasteiger partial charge in [-0.05, 0) is 29.7 Å². The molecule has 0 aliphatic heterocycles. The van der Waals surface area contributed by atoms with E-state index in [9.17, 15) is 4.79 Å². The Morgan fingerprint density at radius 2 is 1.68 bits per heavy atom. The van der Waals surface area contributed by atoms with Gasteiger partial charge in [0.15, 0.2) is 5.78 Å². The van der Waals surface area contributed by atoms with Crippen molar-refractivity contribution in [3.63, 3.8) is 0 Å². The highest BCUT2D eigenvalue weighted by Crippen LogP contribution is 2.28. The predicted molar refractivity (Wildman–Crippen MR) is 77.0 cm³/mol. The molecule has 2 rings (SSSR count). The number of methoxy groups -OCH3 is 1. The van der Waals surface area contributed by atoms with Crippen molar-refractivity contribution in [2.24, 2.45) is 0 Å². The van der Waals surface area contributed by atoms with Crippen LogP contribution in [0.25, 0.3) is 0 Å².